The van der Waals surface area contributed by atoms with Gasteiger partial charge in [-0.15, -0.1) is 0 Å². The highest BCUT2D eigenvalue weighted by atomic mass is 16.5. The minimum absolute atomic E-state index is 0.670. The lowest BCUT2D eigenvalue weighted by Gasteiger charge is -2.24. The number of hydrogen-bond acceptors (Lipinski definition) is 2. The van der Waals surface area contributed by atoms with E-state index < -0.39 is 0 Å². The SMILES string of the molecule is [CH]CN1CCOCC1. The normalized spacial score (nSPS) is 23.6. The second kappa shape index (κ2) is 3.05. The van der Waals surface area contributed by atoms with Gasteiger partial charge in [0.1, 0.15) is 0 Å². The van der Waals surface area contributed by atoms with Crippen LogP contribution in [-0.4, -0.2) is 37.7 Å². The maximum Gasteiger partial charge on any atom is 0.0594 e. The van der Waals surface area contributed by atoms with E-state index in [0.29, 0.717) is 6.54 Å². The summed E-state index contributed by atoms with van der Waals surface area (Å²) in [4.78, 5) is 2.17. The molecular weight excluding hydrogens is 102 g/mol. The fourth-order valence-electron chi connectivity index (χ4n) is 0.784. The summed E-state index contributed by atoms with van der Waals surface area (Å²) in [6.45, 7) is 9.73. The van der Waals surface area contributed by atoms with Gasteiger partial charge >= 0.3 is 0 Å². The molecule has 0 bridgehead atoms. The maximum absolute atomic E-state index is 5.37. The molecule has 0 atom stereocenters. The third-order valence-electron chi connectivity index (χ3n) is 1.36. The molecule has 0 amide bonds. The minimum Gasteiger partial charge on any atom is -0.379 e. The van der Waals surface area contributed by atoms with Gasteiger partial charge in [0.25, 0.3) is 0 Å². The number of morpholine rings is 1. The molecule has 0 aliphatic carbocycles. The van der Waals surface area contributed by atoms with E-state index in [1.807, 2.05) is 0 Å². The van der Waals surface area contributed by atoms with Gasteiger partial charge < -0.3 is 4.74 Å². The third kappa shape index (κ3) is 1.46. The van der Waals surface area contributed by atoms with Crippen LogP contribution in [0, 0.1) is 6.92 Å². The molecule has 1 aliphatic heterocycles. The van der Waals surface area contributed by atoms with Crippen molar-refractivity contribution >= 4 is 0 Å². The summed E-state index contributed by atoms with van der Waals surface area (Å²) in [5, 5.41) is 0. The quantitative estimate of drug-likeness (QED) is 0.475. The van der Waals surface area contributed by atoms with Crippen molar-refractivity contribution in [2.45, 2.75) is 0 Å². The zero-order chi connectivity index (χ0) is 5.82. The van der Waals surface area contributed by atoms with E-state index in [0.717, 1.165) is 26.3 Å². The van der Waals surface area contributed by atoms with Crippen molar-refractivity contribution in [2.24, 2.45) is 0 Å². The van der Waals surface area contributed by atoms with Gasteiger partial charge in [-0.2, -0.15) is 0 Å². The van der Waals surface area contributed by atoms with Crippen molar-refractivity contribution in [3.05, 3.63) is 6.92 Å². The first-order valence-electron chi connectivity index (χ1n) is 2.93. The Morgan fingerprint density at radius 2 is 2.00 bits per heavy atom. The van der Waals surface area contributed by atoms with Crippen LogP contribution < -0.4 is 0 Å². The first-order chi connectivity index (χ1) is 3.93. The minimum atomic E-state index is 0.670. The van der Waals surface area contributed by atoms with Gasteiger partial charge in [0, 0.05) is 19.6 Å². The number of rotatable bonds is 1. The molecule has 2 radical (unpaired) electrons. The van der Waals surface area contributed by atoms with Gasteiger partial charge in [0.2, 0.25) is 0 Å². The number of hydrogen-bond donors (Lipinski definition) is 0. The molecule has 1 fully saturated rings. The molecule has 0 N–H and O–H groups in total. The Morgan fingerprint density at radius 1 is 1.38 bits per heavy atom. The Bertz CT molecular complexity index is 59.5. The molecule has 2 heteroatoms. The van der Waals surface area contributed by atoms with Crippen molar-refractivity contribution in [1.82, 2.24) is 4.90 Å². The van der Waals surface area contributed by atoms with E-state index in [1.54, 1.807) is 0 Å². The van der Waals surface area contributed by atoms with Crippen molar-refractivity contribution in [3.8, 4) is 0 Å². The van der Waals surface area contributed by atoms with E-state index in [4.69, 9.17) is 11.7 Å². The highest BCUT2D eigenvalue weighted by Crippen LogP contribution is 1.93. The molecule has 1 heterocycles. The largest absolute Gasteiger partial charge is 0.379 e. The van der Waals surface area contributed by atoms with Crippen LogP contribution in [-0.2, 0) is 4.74 Å². The van der Waals surface area contributed by atoms with E-state index in [1.165, 1.54) is 0 Å². The topological polar surface area (TPSA) is 12.5 Å². The fourth-order valence-corrected chi connectivity index (χ4v) is 0.784. The highest BCUT2D eigenvalue weighted by molar-refractivity contribution is 4.61. The van der Waals surface area contributed by atoms with E-state index in [9.17, 15) is 0 Å². The standard InChI is InChI=1S/C6H11NO/c1-2-7-3-5-8-6-4-7/h1H,2-6H2. The molecule has 1 aliphatic rings. The molecule has 1 saturated heterocycles. The van der Waals surface area contributed by atoms with Gasteiger partial charge in [-0.1, -0.05) is 0 Å². The van der Waals surface area contributed by atoms with Gasteiger partial charge in [0.05, 0.1) is 13.2 Å². The van der Waals surface area contributed by atoms with Crippen LogP contribution in [0.25, 0.3) is 0 Å². The molecule has 0 aromatic heterocycles. The molecule has 2 nitrogen and oxygen atoms in total. The van der Waals surface area contributed by atoms with E-state index in [-0.39, 0.29) is 0 Å². The molecule has 46 valence electrons. The molecule has 0 aromatic carbocycles. The third-order valence-corrected chi connectivity index (χ3v) is 1.36. The average molecular weight is 113 g/mol. The summed E-state index contributed by atoms with van der Waals surface area (Å²) >= 11 is 0. The Hall–Kier alpha value is -0.0800. The molecule has 1 rings (SSSR count). The summed E-state index contributed by atoms with van der Waals surface area (Å²) < 4.78 is 5.10. The Labute approximate surface area is 50.4 Å². The van der Waals surface area contributed by atoms with Crippen LogP contribution in [0.4, 0.5) is 0 Å². The zero-order valence-corrected chi connectivity index (χ0v) is 4.97. The zero-order valence-electron chi connectivity index (χ0n) is 4.97. The summed E-state index contributed by atoms with van der Waals surface area (Å²) in [5.41, 5.74) is 0. The van der Waals surface area contributed by atoms with Crippen LogP contribution >= 0.6 is 0 Å². The molecule has 0 aromatic rings. The molecular formula is C6H11NO. The summed E-state index contributed by atoms with van der Waals surface area (Å²) in [6.07, 6.45) is 0. The van der Waals surface area contributed by atoms with Gasteiger partial charge in [-0.05, 0) is 6.92 Å². The molecule has 0 unspecified atom stereocenters. The second-order valence-electron chi connectivity index (χ2n) is 1.91. The second-order valence-corrected chi connectivity index (χ2v) is 1.91. The first-order valence-corrected chi connectivity index (χ1v) is 2.93. The van der Waals surface area contributed by atoms with Crippen LogP contribution in [0.2, 0.25) is 0 Å². The number of ether oxygens (including phenoxy) is 1. The molecule has 0 spiro atoms. The predicted molar refractivity (Wildman–Crippen MR) is 31.6 cm³/mol. The smallest absolute Gasteiger partial charge is 0.0594 e. The summed E-state index contributed by atoms with van der Waals surface area (Å²) in [5.74, 6) is 0. The van der Waals surface area contributed by atoms with Crippen molar-refractivity contribution < 1.29 is 4.74 Å². The molecule has 8 heavy (non-hydrogen) atoms. The monoisotopic (exact) mass is 113 g/mol. The average Bonchev–Trinajstić information content (AvgIpc) is 1.90. The van der Waals surface area contributed by atoms with Crippen LogP contribution in [0.1, 0.15) is 0 Å². The van der Waals surface area contributed by atoms with E-state index in [2.05, 4.69) is 4.90 Å². The fraction of sp³-hybridized carbons (Fsp3) is 0.833. The lowest BCUT2D eigenvalue weighted by Crippen LogP contribution is -2.35. The van der Waals surface area contributed by atoms with Gasteiger partial charge in [-0.25, -0.2) is 0 Å². The van der Waals surface area contributed by atoms with Crippen LogP contribution in [0.5, 0.6) is 0 Å². The summed E-state index contributed by atoms with van der Waals surface area (Å²) in [7, 11) is 0. The lowest BCUT2D eigenvalue weighted by molar-refractivity contribution is 0.0431. The Balaban J connectivity index is 2.13. The van der Waals surface area contributed by atoms with Crippen LogP contribution in [0.3, 0.4) is 0 Å². The Kier molecular flexibility index (Phi) is 2.30. The predicted octanol–water partition coefficient (Wildman–Crippen LogP) is 0.0297. The van der Waals surface area contributed by atoms with Crippen molar-refractivity contribution in [1.29, 1.82) is 0 Å². The van der Waals surface area contributed by atoms with Crippen molar-refractivity contribution in [2.75, 3.05) is 32.8 Å². The lowest BCUT2D eigenvalue weighted by atomic mass is 10.4. The van der Waals surface area contributed by atoms with Crippen molar-refractivity contribution in [3.63, 3.8) is 0 Å². The number of nitrogens with zero attached hydrogens (tertiary/aromatic N) is 1. The molecule has 0 saturated carbocycles. The first kappa shape index (κ1) is 6.05. The van der Waals surface area contributed by atoms with Gasteiger partial charge in [-0.3, -0.25) is 4.90 Å². The maximum atomic E-state index is 5.37. The summed E-state index contributed by atoms with van der Waals surface area (Å²) in [6, 6.07) is 0. The highest BCUT2D eigenvalue weighted by Gasteiger charge is 2.05. The van der Waals surface area contributed by atoms with Gasteiger partial charge in [0.15, 0.2) is 0 Å². The van der Waals surface area contributed by atoms with Crippen LogP contribution in [0.15, 0.2) is 0 Å². The Morgan fingerprint density at radius 3 is 2.38 bits per heavy atom. The van der Waals surface area contributed by atoms with E-state index >= 15 is 0 Å².